The van der Waals surface area contributed by atoms with E-state index in [0.29, 0.717) is 5.92 Å². The van der Waals surface area contributed by atoms with Gasteiger partial charge in [0.15, 0.2) is 0 Å². The van der Waals surface area contributed by atoms with Crippen molar-refractivity contribution in [2.45, 2.75) is 19.4 Å². The maximum Gasteiger partial charge on any atom is 0.123 e. The first-order valence-corrected chi connectivity index (χ1v) is 6.23. The minimum absolute atomic E-state index is 0.162. The predicted octanol–water partition coefficient (Wildman–Crippen LogP) is 2.68. The number of hydrogen-bond donors (Lipinski definition) is 0. The summed E-state index contributed by atoms with van der Waals surface area (Å²) in [5, 5.41) is 0. The molecule has 0 aromatic heterocycles. The van der Waals surface area contributed by atoms with Crippen molar-refractivity contribution in [3.8, 4) is 0 Å². The summed E-state index contributed by atoms with van der Waals surface area (Å²) in [6.45, 7) is 3.99. The van der Waals surface area contributed by atoms with Gasteiger partial charge in [-0.3, -0.25) is 4.90 Å². The number of rotatable bonds is 4. The number of halogens is 1. The van der Waals surface area contributed by atoms with Crippen LogP contribution in [-0.4, -0.2) is 31.7 Å². The standard InChI is InChI=1S/C14H20FNO/c1-17-11-13-3-2-8-16(10-13)9-12-4-6-14(15)7-5-12/h4-7,13H,2-3,8-11H2,1H3. The lowest BCUT2D eigenvalue weighted by atomic mass is 9.98. The van der Waals surface area contributed by atoms with Crippen molar-refractivity contribution < 1.29 is 9.13 Å². The number of hydrogen-bond acceptors (Lipinski definition) is 2. The van der Waals surface area contributed by atoms with E-state index in [1.54, 1.807) is 7.11 Å². The highest BCUT2D eigenvalue weighted by atomic mass is 19.1. The fourth-order valence-electron chi connectivity index (χ4n) is 2.51. The van der Waals surface area contributed by atoms with Gasteiger partial charge in [-0.15, -0.1) is 0 Å². The van der Waals surface area contributed by atoms with E-state index in [0.717, 1.165) is 26.2 Å². The molecule has 1 unspecified atom stereocenters. The Balaban J connectivity index is 1.87. The molecule has 0 saturated carbocycles. The van der Waals surface area contributed by atoms with E-state index in [1.165, 1.54) is 30.5 Å². The fourth-order valence-corrected chi connectivity index (χ4v) is 2.51. The summed E-state index contributed by atoms with van der Waals surface area (Å²) in [5.41, 5.74) is 1.18. The number of benzene rings is 1. The van der Waals surface area contributed by atoms with Crippen LogP contribution >= 0.6 is 0 Å². The first-order chi connectivity index (χ1) is 8.28. The van der Waals surface area contributed by atoms with E-state index in [9.17, 15) is 4.39 Å². The normalized spacial score (nSPS) is 21.6. The van der Waals surface area contributed by atoms with Gasteiger partial charge in [0.1, 0.15) is 5.82 Å². The molecule has 1 aromatic carbocycles. The van der Waals surface area contributed by atoms with Crippen LogP contribution in [0.3, 0.4) is 0 Å². The minimum atomic E-state index is -0.162. The lowest BCUT2D eigenvalue weighted by Gasteiger charge is -2.32. The molecular weight excluding hydrogens is 217 g/mol. The Hall–Kier alpha value is -0.930. The molecule has 1 heterocycles. The summed E-state index contributed by atoms with van der Waals surface area (Å²) < 4.78 is 18.0. The Kier molecular flexibility index (Phi) is 4.51. The number of likely N-dealkylation sites (tertiary alicyclic amines) is 1. The van der Waals surface area contributed by atoms with Gasteiger partial charge in [-0.2, -0.15) is 0 Å². The van der Waals surface area contributed by atoms with Crippen LogP contribution in [0, 0.1) is 11.7 Å². The molecule has 1 aromatic rings. The number of ether oxygens (including phenoxy) is 1. The molecule has 0 N–H and O–H groups in total. The van der Waals surface area contributed by atoms with Crippen molar-refractivity contribution in [1.82, 2.24) is 4.90 Å². The van der Waals surface area contributed by atoms with Gasteiger partial charge in [0.25, 0.3) is 0 Å². The maximum absolute atomic E-state index is 12.8. The first kappa shape index (κ1) is 12.5. The highest BCUT2D eigenvalue weighted by Crippen LogP contribution is 2.18. The summed E-state index contributed by atoms with van der Waals surface area (Å²) >= 11 is 0. The zero-order chi connectivity index (χ0) is 12.1. The third-order valence-corrected chi connectivity index (χ3v) is 3.32. The summed E-state index contributed by atoms with van der Waals surface area (Å²) in [7, 11) is 1.76. The van der Waals surface area contributed by atoms with E-state index in [1.807, 2.05) is 12.1 Å². The van der Waals surface area contributed by atoms with Gasteiger partial charge >= 0.3 is 0 Å². The van der Waals surface area contributed by atoms with Crippen LogP contribution in [0.2, 0.25) is 0 Å². The van der Waals surface area contributed by atoms with Gasteiger partial charge in [-0.05, 0) is 43.0 Å². The van der Waals surface area contributed by atoms with E-state index in [4.69, 9.17) is 4.74 Å². The zero-order valence-corrected chi connectivity index (χ0v) is 10.4. The Bertz CT molecular complexity index is 337. The van der Waals surface area contributed by atoms with E-state index < -0.39 is 0 Å². The Morgan fingerprint density at radius 1 is 1.35 bits per heavy atom. The average molecular weight is 237 g/mol. The molecular formula is C14H20FNO. The lowest BCUT2D eigenvalue weighted by Crippen LogP contribution is -2.36. The topological polar surface area (TPSA) is 12.5 Å². The van der Waals surface area contributed by atoms with Gasteiger partial charge in [0, 0.05) is 20.2 Å². The number of nitrogens with zero attached hydrogens (tertiary/aromatic N) is 1. The van der Waals surface area contributed by atoms with Crippen molar-refractivity contribution in [3.63, 3.8) is 0 Å². The van der Waals surface area contributed by atoms with Crippen LogP contribution in [0.4, 0.5) is 4.39 Å². The molecule has 0 amide bonds. The van der Waals surface area contributed by atoms with Gasteiger partial charge in [0.05, 0.1) is 6.61 Å². The molecule has 1 aliphatic rings. The summed E-state index contributed by atoms with van der Waals surface area (Å²) in [6, 6.07) is 6.81. The molecule has 0 aliphatic carbocycles. The molecule has 2 rings (SSSR count). The smallest absolute Gasteiger partial charge is 0.123 e. The SMILES string of the molecule is COCC1CCCN(Cc2ccc(F)cc2)C1. The van der Waals surface area contributed by atoms with Crippen LogP contribution in [0.1, 0.15) is 18.4 Å². The molecule has 0 spiro atoms. The Morgan fingerprint density at radius 2 is 2.12 bits per heavy atom. The second kappa shape index (κ2) is 6.12. The third kappa shape index (κ3) is 3.79. The van der Waals surface area contributed by atoms with Gasteiger partial charge in [-0.25, -0.2) is 4.39 Å². The van der Waals surface area contributed by atoms with Crippen molar-refractivity contribution in [3.05, 3.63) is 35.6 Å². The van der Waals surface area contributed by atoms with E-state index in [-0.39, 0.29) is 5.82 Å². The molecule has 3 heteroatoms. The first-order valence-electron chi connectivity index (χ1n) is 6.23. The van der Waals surface area contributed by atoms with Crippen LogP contribution in [0.25, 0.3) is 0 Å². The molecule has 1 saturated heterocycles. The van der Waals surface area contributed by atoms with Crippen molar-refractivity contribution in [1.29, 1.82) is 0 Å². The predicted molar refractivity (Wildman–Crippen MR) is 66.3 cm³/mol. The van der Waals surface area contributed by atoms with Crippen LogP contribution in [0.15, 0.2) is 24.3 Å². The second-order valence-electron chi connectivity index (χ2n) is 4.83. The van der Waals surface area contributed by atoms with E-state index >= 15 is 0 Å². The Morgan fingerprint density at radius 3 is 2.82 bits per heavy atom. The van der Waals surface area contributed by atoms with Crippen LogP contribution in [0.5, 0.6) is 0 Å². The van der Waals surface area contributed by atoms with Crippen molar-refractivity contribution in [2.75, 3.05) is 26.8 Å². The lowest BCUT2D eigenvalue weighted by molar-refractivity contribution is 0.0874. The molecule has 2 nitrogen and oxygen atoms in total. The van der Waals surface area contributed by atoms with Gasteiger partial charge in [0.2, 0.25) is 0 Å². The number of piperidine rings is 1. The Labute approximate surface area is 102 Å². The number of methoxy groups -OCH3 is 1. The van der Waals surface area contributed by atoms with Crippen molar-refractivity contribution >= 4 is 0 Å². The third-order valence-electron chi connectivity index (χ3n) is 3.32. The van der Waals surface area contributed by atoms with Crippen LogP contribution in [-0.2, 0) is 11.3 Å². The molecule has 1 aliphatic heterocycles. The van der Waals surface area contributed by atoms with Crippen LogP contribution < -0.4 is 0 Å². The second-order valence-corrected chi connectivity index (χ2v) is 4.83. The van der Waals surface area contributed by atoms with E-state index in [2.05, 4.69) is 4.90 Å². The quantitative estimate of drug-likeness (QED) is 0.798. The molecule has 1 atom stereocenters. The monoisotopic (exact) mass is 237 g/mol. The fraction of sp³-hybridized carbons (Fsp3) is 0.571. The molecule has 0 bridgehead atoms. The summed E-state index contributed by atoms with van der Waals surface area (Å²) in [6.07, 6.45) is 2.49. The molecule has 17 heavy (non-hydrogen) atoms. The highest BCUT2D eigenvalue weighted by Gasteiger charge is 2.19. The maximum atomic E-state index is 12.8. The molecule has 0 radical (unpaired) electrons. The van der Waals surface area contributed by atoms with Crippen molar-refractivity contribution in [2.24, 2.45) is 5.92 Å². The van der Waals surface area contributed by atoms with Gasteiger partial charge < -0.3 is 4.74 Å². The highest BCUT2D eigenvalue weighted by molar-refractivity contribution is 5.15. The molecule has 1 fully saturated rings. The van der Waals surface area contributed by atoms with Gasteiger partial charge in [-0.1, -0.05) is 12.1 Å². The largest absolute Gasteiger partial charge is 0.384 e. The summed E-state index contributed by atoms with van der Waals surface area (Å²) in [5.74, 6) is 0.485. The average Bonchev–Trinajstić information content (AvgIpc) is 2.33. The molecule has 94 valence electrons. The zero-order valence-electron chi connectivity index (χ0n) is 10.4. The summed E-state index contributed by atoms with van der Waals surface area (Å²) in [4.78, 5) is 2.43. The minimum Gasteiger partial charge on any atom is -0.384 e.